The lowest BCUT2D eigenvalue weighted by Crippen LogP contribution is -2.30. The van der Waals surface area contributed by atoms with Crippen LogP contribution in [0.25, 0.3) is 0 Å². The number of hydrazine groups is 1. The topological polar surface area (TPSA) is 38.0 Å². The van der Waals surface area contributed by atoms with Crippen LogP contribution in [0.3, 0.4) is 0 Å². The zero-order valence-corrected chi connectivity index (χ0v) is 14.4. The summed E-state index contributed by atoms with van der Waals surface area (Å²) in [5.74, 6) is 6.34. The van der Waals surface area contributed by atoms with Gasteiger partial charge in [0.15, 0.2) is 0 Å². The first-order valence-corrected chi connectivity index (χ1v) is 8.11. The maximum Gasteiger partial charge on any atom is 0.0511 e. The summed E-state index contributed by atoms with van der Waals surface area (Å²) in [6.45, 7) is 6.52. The van der Waals surface area contributed by atoms with Crippen LogP contribution >= 0.6 is 15.9 Å². The van der Waals surface area contributed by atoms with Gasteiger partial charge in [-0.05, 0) is 42.0 Å². The molecule has 0 amide bonds. The first kappa shape index (κ1) is 16.2. The van der Waals surface area contributed by atoms with Crippen molar-refractivity contribution in [1.29, 1.82) is 0 Å². The molecule has 2 aromatic carbocycles. The molecule has 2 rings (SSSR count). The van der Waals surface area contributed by atoms with E-state index >= 15 is 0 Å². The van der Waals surface area contributed by atoms with Crippen molar-refractivity contribution in [3.05, 3.63) is 69.2 Å². The van der Waals surface area contributed by atoms with Crippen LogP contribution in [0, 0.1) is 6.92 Å². The maximum atomic E-state index is 5.78. The molecule has 2 aromatic rings. The Balaban J connectivity index is 2.20. The molecule has 2 nitrogen and oxygen atoms in total. The lowest BCUT2D eigenvalue weighted by atomic mass is 9.96. The van der Waals surface area contributed by atoms with Crippen LogP contribution in [0.2, 0.25) is 0 Å². The standard InChI is InChI=1S/C18H23BrN2/c1-12(2)15-7-5-14(6-8-15)11-18(21-20)16-10-13(3)4-9-17(16)19/h4-10,12,18,21H,11,20H2,1-3H3. The van der Waals surface area contributed by atoms with Gasteiger partial charge in [0, 0.05) is 4.47 Å². The molecule has 0 aliphatic heterocycles. The normalized spacial score (nSPS) is 12.7. The number of rotatable bonds is 5. The number of halogens is 1. The fourth-order valence-electron chi connectivity index (χ4n) is 2.46. The van der Waals surface area contributed by atoms with E-state index in [-0.39, 0.29) is 6.04 Å². The maximum absolute atomic E-state index is 5.78. The van der Waals surface area contributed by atoms with Gasteiger partial charge < -0.3 is 0 Å². The van der Waals surface area contributed by atoms with Crippen molar-refractivity contribution < 1.29 is 0 Å². The Bertz CT molecular complexity index is 591. The molecule has 3 N–H and O–H groups in total. The molecule has 21 heavy (non-hydrogen) atoms. The van der Waals surface area contributed by atoms with Gasteiger partial charge in [-0.2, -0.15) is 0 Å². The minimum atomic E-state index is 0.101. The van der Waals surface area contributed by atoms with Gasteiger partial charge in [0.1, 0.15) is 0 Å². The van der Waals surface area contributed by atoms with E-state index in [0.29, 0.717) is 5.92 Å². The second-order valence-corrected chi connectivity index (χ2v) is 6.70. The molecule has 0 fully saturated rings. The summed E-state index contributed by atoms with van der Waals surface area (Å²) in [4.78, 5) is 0. The monoisotopic (exact) mass is 346 g/mol. The summed E-state index contributed by atoms with van der Waals surface area (Å²) < 4.78 is 1.09. The van der Waals surface area contributed by atoms with E-state index in [1.807, 2.05) is 0 Å². The quantitative estimate of drug-likeness (QED) is 0.611. The lowest BCUT2D eigenvalue weighted by molar-refractivity contribution is 0.549. The van der Waals surface area contributed by atoms with Crippen LogP contribution < -0.4 is 11.3 Å². The highest BCUT2D eigenvalue weighted by atomic mass is 79.9. The van der Waals surface area contributed by atoms with E-state index in [1.165, 1.54) is 22.3 Å². The van der Waals surface area contributed by atoms with Gasteiger partial charge in [0.05, 0.1) is 6.04 Å². The van der Waals surface area contributed by atoms with E-state index in [4.69, 9.17) is 5.84 Å². The average molecular weight is 347 g/mol. The molecule has 0 aromatic heterocycles. The Kier molecular flexibility index (Phi) is 5.57. The van der Waals surface area contributed by atoms with Crippen molar-refractivity contribution in [2.45, 2.75) is 39.2 Å². The molecule has 0 saturated carbocycles. The third kappa shape index (κ3) is 4.16. The van der Waals surface area contributed by atoms with Crippen LogP contribution in [0.5, 0.6) is 0 Å². The minimum Gasteiger partial charge on any atom is -0.271 e. The van der Waals surface area contributed by atoms with E-state index in [2.05, 4.69) is 84.6 Å². The van der Waals surface area contributed by atoms with Crippen molar-refractivity contribution in [2.24, 2.45) is 5.84 Å². The van der Waals surface area contributed by atoms with Gasteiger partial charge in [-0.3, -0.25) is 11.3 Å². The minimum absolute atomic E-state index is 0.101. The number of aryl methyl sites for hydroxylation is 1. The number of nitrogens with two attached hydrogens (primary N) is 1. The average Bonchev–Trinajstić information content (AvgIpc) is 2.48. The molecule has 0 spiro atoms. The molecular weight excluding hydrogens is 324 g/mol. The van der Waals surface area contributed by atoms with Crippen molar-refractivity contribution in [3.63, 3.8) is 0 Å². The zero-order valence-electron chi connectivity index (χ0n) is 12.9. The number of hydrogen-bond donors (Lipinski definition) is 2. The summed E-state index contributed by atoms with van der Waals surface area (Å²) in [7, 11) is 0. The second kappa shape index (κ2) is 7.21. The number of hydrogen-bond acceptors (Lipinski definition) is 2. The largest absolute Gasteiger partial charge is 0.271 e. The van der Waals surface area contributed by atoms with E-state index in [1.54, 1.807) is 0 Å². The van der Waals surface area contributed by atoms with Crippen LogP contribution in [0.1, 0.15) is 48.1 Å². The van der Waals surface area contributed by atoms with Crippen LogP contribution in [-0.2, 0) is 6.42 Å². The Labute approximate surface area is 135 Å². The molecule has 0 saturated heterocycles. The highest BCUT2D eigenvalue weighted by Crippen LogP contribution is 2.27. The van der Waals surface area contributed by atoms with E-state index in [0.717, 1.165) is 10.9 Å². The van der Waals surface area contributed by atoms with E-state index < -0.39 is 0 Å². The first-order chi connectivity index (χ1) is 10.0. The fraction of sp³-hybridized carbons (Fsp3) is 0.333. The van der Waals surface area contributed by atoms with Gasteiger partial charge in [0.2, 0.25) is 0 Å². The molecule has 0 radical (unpaired) electrons. The molecule has 112 valence electrons. The SMILES string of the molecule is Cc1ccc(Br)c(C(Cc2ccc(C(C)C)cc2)NN)c1. The summed E-state index contributed by atoms with van der Waals surface area (Å²) in [6.07, 6.45) is 0.872. The first-order valence-electron chi connectivity index (χ1n) is 7.32. The third-order valence-electron chi connectivity index (χ3n) is 3.81. The van der Waals surface area contributed by atoms with Gasteiger partial charge in [-0.1, -0.05) is 71.7 Å². The van der Waals surface area contributed by atoms with Crippen LogP contribution in [0.4, 0.5) is 0 Å². The lowest BCUT2D eigenvalue weighted by Gasteiger charge is -2.19. The Morgan fingerprint density at radius 2 is 1.76 bits per heavy atom. The highest BCUT2D eigenvalue weighted by Gasteiger charge is 2.14. The smallest absolute Gasteiger partial charge is 0.0511 e. The molecular formula is C18H23BrN2. The summed E-state index contributed by atoms with van der Waals surface area (Å²) in [6, 6.07) is 15.3. The van der Waals surface area contributed by atoms with Gasteiger partial charge in [-0.15, -0.1) is 0 Å². The molecule has 0 aliphatic carbocycles. The number of benzene rings is 2. The summed E-state index contributed by atoms with van der Waals surface area (Å²) in [5, 5.41) is 0. The molecule has 3 heteroatoms. The molecule has 0 aliphatic rings. The van der Waals surface area contributed by atoms with Gasteiger partial charge in [-0.25, -0.2) is 0 Å². The third-order valence-corrected chi connectivity index (χ3v) is 4.54. The number of nitrogens with one attached hydrogen (secondary N) is 1. The fourth-order valence-corrected chi connectivity index (χ4v) is 2.99. The van der Waals surface area contributed by atoms with E-state index in [9.17, 15) is 0 Å². The Morgan fingerprint density at radius 1 is 1.10 bits per heavy atom. The Hall–Kier alpha value is -1.16. The van der Waals surface area contributed by atoms with Crippen LogP contribution in [0.15, 0.2) is 46.9 Å². The zero-order chi connectivity index (χ0) is 15.4. The van der Waals surface area contributed by atoms with Crippen molar-refractivity contribution in [2.75, 3.05) is 0 Å². The van der Waals surface area contributed by atoms with Crippen molar-refractivity contribution >= 4 is 15.9 Å². The molecule has 1 unspecified atom stereocenters. The predicted octanol–water partition coefficient (Wildman–Crippen LogP) is 4.63. The Morgan fingerprint density at radius 3 is 2.33 bits per heavy atom. The van der Waals surface area contributed by atoms with Crippen molar-refractivity contribution in [1.82, 2.24) is 5.43 Å². The van der Waals surface area contributed by atoms with Crippen molar-refractivity contribution in [3.8, 4) is 0 Å². The second-order valence-electron chi connectivity index (χ2n) is 5.84. The highest BCUT2D eigenvalue weighted by molar-refractivity contribution is 9.10. The molecule has 0 bridgehead atoms. The van der Waals surface area contributed by atoms with Gasteiger partial charge in [0.25, 0.3) is 0 Å². The van der Waals surface area contributed by atoms with Gasteiger partial charge >= 0.3 is 0 Å². The van der Waals surface area contributed by atoms with Crippen LogP contribution in [-0.4, -0.2) is 0 Å². The summed E-state index contributed by atoms with van der Waals surface area (Å²) in [5.41, 5.74) is 8.04. The molecule has 1 atom stereocenters. The predicted molar refractivity (Wildman–Crippen MR) is 93.2 cm³/mol. The molecule has 0 heterocycles. The summed E-state index contributed by atoms with van der Waals surface area (Å²) >= 11 is 3.62.